The molecule has 0 aromatic heterocycles. The zero-order chi connectivity index (χ0) is 21.5. The molecule has 0 fully saturated rings. The minimum Gasteiger partial charge on any atom is -0.347 e. The van der Waals surface area contributed by atoms with Crippen molar-refractivity contribution >= 4 is 40.4 Å². The molecule has 3 heteroatoms. The molecule has 1 N–H and O–H groups in total. The van der Waals surface area contributed by atoms with Crippen LogP contribution in [0.25, 0.3) is 0 Å². The fourth-order valence-electron chi connectivity index (χ4n) is 3.82. The molecule has 0 spiro atoms. The van der Waals surface area contributed by atoms with Crippen molar-refractivity contribution < 1.29 is 0 Å². The number of hydrogen-bond donors (Lipinski definition) is 1. The highest BCUT2D eigenvalue weighted by molar-refractivity contribution is 7.98. The van der Waals surface area contributed by atoms with E-state index in [1.807, 2.05) is 30.3 Å². The van der Waals surface area contributed by atoms with Gasteiger partial charge in [0, 0.05) is 11.3 Å². The van der Waals surface area contributed by atoms with Crippen molar-refractivity contribution in [2.75, 3.05) is 0 Å². The van der Waals surface area contributed by atoms with Crippen LogP contribution in [0, 0.1) is 0 Å². The van der Waals surface area contributed by atoms with Crippen LogP contribution in [-0.2, 0) is 0 Å². The maximum Gasteiger partial charge on any atom is 0.138 e. The summed E-state index contributed by atoms with van der Waals surface area (Å²) < 4.78 is 0. The molecule has 0 saturated heterocycles. The van der Waals surface area contributed by atoms with Crippen molar-refractivity contribution in [1.29, 1.82) is 0 Å². The summed E-state index contributed by atoms with van der Waals surface area (Å²) in [6.07, 6.45) is 0. The molecule has 0 aliphatic rings. The molecular formula is C28H25NPS+. The Kier molecular flexibility index (Phi) is 6.72. The molecule has 0 aliphatic heterocycles. The van der Waals surface area contributed by atoms with Crippen LogP contribution in [0.1, 0.15) is 12.5 Å². The molecule has 0 bridgehead atoms. The van der Waals surface area contributed by atoms with Crippen molar-refractivity contribution in [2.45, 2.75) is 6.92 Å². The minimum absolute atomic E-state index is 0.738. The van der Waals surface area contributed by atoms with Gasteiger partial charge in [-0.25, -0.2) is 0 Å². The van der Waals surface area contributed by atoms with Crippen molar-refractivity contribution in [3.63, 3.8) is 0 Å². The molecular weight excluding hydrogens is 413 g/mol. The van der Waals surface area contributed by atoms with Gasteiger partial charge < -0.3 is 5.32 Å². The number of thiocarbonyl (C=S) groups is 1. The maximum absolute atomic E-state index is 5.70. The van der Waals surface area contributed by atoms with E-state index in [-0.39, 0.29) is 0 Å². The third-order valence-corrected chi connectivity index (χ3v) is 9.67. The van der Waals surface area contributed by atoms with E-state index in [0.29, 0.717) is 0 Å². The normalized spacial score (nSPS) is 11.7. The Labute approximate surface area is 190 Å². The molecule has 4 aromatic rings. The van der Waals surface area contributed by atoms with E-state index in [2.05, 4.69) is 109 Å². The fraction of sp³-hybridized carbons (Fsp3) is 0.0357. The first-order chi connectivity index (χ1) is 15.2. The molecule has 31 heavy (non-hydrogen) atoms. The average Bonchev–Trinajstić information content (AvgIpc) is 2.85. The largest absolute Gasteiger partial charge is 0.347 e. The molecule has 0 radical (unpaired) electrons. The van der Waals surface area contributed by atoms with Gasteiger partial charge in [-0.15, -0.1) is 0 Å². The molecule has 0 atom stereocenters. The lowest BCUT2D eigenvalue weighted by molar-refractivity contribution is 1.14. The number of benzene rings is 4. The molecule has 152 valence electrons. The zero-order valence-electron chi connectivity index (χ0n) is 17.5. The van der Waals surface area contributed by atoms with Gasteiger partial charge in [-0.1, -0.05) is 97.1 Å². The van der Waals surface area contributed by atoms with Crippen LogP contribution in [0.4, 0.5) is 0 Å². The van der Waals surface area contributed by atoms with E-state index < -0.39 is 7.26 Å². The van der Waals surface area contributed by atoms with Gasteiger partial charge in [-0.2, -0.15) is 0 Å². The maximum atomic E-state index is 5.70. The standard InChI is InChI=1S/C28H24NPS/c1-23(29-28(31)24-14-6-2-7-15-24)22-30(25-16-8-3-9-17-25,26-18-10-4-11-19-26)27-20-12-5-13-21-27/h2-22H,1H3/p+1/b23-22-. The molecule has 0 saturated carbocycles. The summed E-state index contributed by atoms with van der Waals surface area (Å²) in [5.74, 6) is 2.40. The van der Waals surface area contributed by atoms with Gasteiger partial charge in [0.05, 0.1) is 5.82 Å². The molecule has 4 rings (SSSR count). The predicted molar refractivity (Wildman–Crippen MR) is 140 cm³/mol. The van der Waals surface area contributed by atoms with E-state index in [4.69, 9.17) is 12.2 Å². The van der Waals surface area contributed by atoms with Crippen LogP contribution in [0.5, 0.6) is 0 Å². The molecule has 0 heterocycles. The number of rotatable bonds is 6. The Morgan fingerprint density at radius 1 is 0.613 bits per heavy atom. The summed E-state index contributed by atoms with van der Waals surface area (Å²) in [7, 11) is -2.04. The summed E-state index contributed by atoms with van der Waals surface area (Å²) in [5.41, 5.74) is 2.08. The Bertz CT molecular complexity index is 1060. The highest BCUT2D eigenvalue weighted by atomic mass is 32.1. The molecule has 0 amide bonds. The van der Waals surface area contributed by atoms with Crippen molar-refractivity contribution in [2.24, 2.45) is 0 Å². The zero-order valence-corrected chi connectivity index (χ0v) is 19.2. The summed E-state index contributed by atoms with van der Waals surface area (Å²) >= 11 is 5.70. The third-order valence-electron chi connectivity index (χ3n) is 5.22. The van der Waals surface area contributed by atoms with Crippen LogP contribution in [0.2, 0.25) is 0 Å². The van der Waals surface area contributed by atoms with Crippen LogP contribution < -0.4 is 21.2 Å². The predicted octanol–water partition coefficient (Wildman–Crippen LogP) is 5.81. The molecule has 4 aromatic carbocycles. The smallest absolute Gasteiger partial charge is 0.138 e. The van der Waals surface area contributed by atoms with Crippen molar-refractivity contribution in [3.8, 4) is 0 Å². The topological polar surface area (TPSA) is 12.0 Å². The quantitative estimate of drug-likeness (QED) is 0.301. The van der Waals surface area contributed by atoms with Crippen LogP contribution in [-0.4, -0.2) is 4.99 Å². The second-order valence-electron chi connectivity index (χ2n) is 7.36. The van der Waals surface area contributed by atoms with Gasteiger partial charge in [0.15, 0.2) is 0 Å². The minimum atomic E-state index is -2.04. The van der Waals surface area contributed by atoms with Crippen LogP contribution in [0.3, 0.4) is 0 Å². The highest BCUT2D eigenvalue weighted by Gasteiger charge is 2.43. The first-order valence-corrected chi connectivity index (χ1v) is 12.6. The van der Waals surface area contributed by atoms with Crippen molar-refractivity contribution in [1.82, 2.24) is 5.32 Å². The monoisotopic (exact) mass is 438 g/mol. The summed E-state index contributed by atoms with van der Waals surface area (Å²) in [6.45, 7) is 2.11. The van der Waals surface area contributed by atoms with Gasteiger partial charge >= 0.3 is 0 Å². The van der Waals surface area contributed by atoms with E-state index in [9.17, 15) is 0 Å². The number of allylic oxidation sites excluding steroid dienone is 1. The summed E-state index contributed by atoms with van der Waals surface area (Å²) in [4.78, 5) is 0.738. The Morgan fingerprint density at radius 3 is 1.35 bits per heavy atom. The lowest BCUT2D eigenvalue weighted by Crippen LogP contribution is -2.31. The second kappa shape index (κ2) is 9.83. The number of hydrogen-bond acceptors (Lipinski definition) is 1. The van der Waals surface area contributed by atoms with Gasteiger partial charge in [-0.3, -0.25) is 0 Å². The van der Waals surface area contributed by atoms with Crippen LogP contribution in [0.15, 0.2) is 133 Å². The average molecular weight is 439 g/mol. The molecule has 0 aliphatic carbocycles. The number of nitrogens with one attached hydrogen (secondary N) is 1. The first kappa shape index (κ1) is 21.2. The van der Waals surface area contributed by atoms with E-state index >= 15 is 0 Å². The lowest BCUT2D eigenvalue weighted by atomic mass is 10.2. The second-order valence-corrected chi connectivity index (χ2v) is 11.0. The van der Waals surface area contributed by atoms with Gasteiger partial charge in [0.2, 0.25) is 0 Å². The molecule has 1 nitrogen and oxygen atoms in total. The fourth-order valence-corrected chi connectivity index (χ4v) is 8.04. The van der Waals surface area contributed by atoms with Gasteiger partial charge in [0.1, 0.15) is 28.2 Å². The van der Waals surface area contributed by atoms with Crippen LogP contribution >= 0.6 is 19.5 Å². The van der Waals surface area contributed by atoms with Gasteiger partial charge in [-0.05, 0) is 43.3 Å². The lowest BCUT2D eigenvalue weighted by Gasteiger charge is -2.25. The van der Waals surface area contributed by atoms with E-state index in [1.165, 1.54) is 15.9 Å². The SMILES string of the molecule is C/C(=C/[P+](c1ccccc1)(c1ccccc1)c1ccccc1)NC(=S)c1ccccc1. The van der Waals surface area contributed by atoms with Crippen molar-refractivity contribution in [3.05, 3.63) is 138 Å². The third kappa shape index (κ3) is 4.66. The van der Waals surface area contributed by atoms with Gasteiger partial charge in [0.25, 0.3) is 0 Å². The Hall–Kier alpha value is -3.06. The highest BCUT2D eigenvalue weighted by Crippen LogP contribution is 2.57. The van der Waals surface area contributed by atoms with E-state index in [1.54, 1.807) is 0 Å². The first-order valence-electron chi connectivity index (χ1n) is 10.3. The van der Waals surface area contributed by atoms with E-state index in [0.717, 1.165) is 16.2 Å². The Morgan fingerprint density at radius 2 is 0.968 bits per heavy atom. The summed E-state index contributed by atoms with van der Waals surface area (Å²) in [5, 5.41) is 7.44. The summed E-state index contributed by atoms with van der Waals surface area (Å²) in [6, 6.07) is 42.6. The molecule has 0 unspecified atom stereocenters. The Balaban J connectivity index is 1.88.